The molecule has 0 heterocycles. The van der Waals surface area contributed by atoms with Gasteiger partial charge in [0, 0.05) is 22.8 Å². The third-order valence-corrected chi connectivity index (χ3v) is 5.65. The Bertz CT molecular complexity index is 1380. The zero-order chi connectivity index (χ0) is 23.9. The molecular formula is C28H19ClFNO3. The number of hydrogen-bond acceptors (Lipinski definition) is 4. The van der Waals surface area contributed by atoms with Gasteiger partial charge in [-0.15, -0.1) is 0 Å². The second-order valence-electron chi connectivity index (χ2n) is 7.47. The lowest BCUT2D eigenvalue weighted by Gasteiger charge is -2.14. The summed E-state index contributed by atoms with van der Waals surface area (Å²) in [5.74, 6) is 0.494. The van der Waals surface area contributed by atoms with E-state index in [2.05, 4.69) is 6.07 Å². The Balaban J connectivity index is 1.51. The standard InChI is InChI=1S/C28H19ClFNO3/c29-28-22(7-4-9-25(28)24-8-1-2-10-26(24)30)18-33-23-12-11-21(16-32)27(14-23)34-17-20-6-3-5-19(13-20)15-31/h1-14,16H,17-18H2. The molecular weight excluding hydrogens is 453 g/mol. The molecule has 0 unspecified atom stereocenters. The summed E-state index contributed by atoms with van der Waals surface area (Å²) in [5.41, 5.74) is 3.41. The molecule has 4 rings (SSSR count). The molecule has 34 heavy (non-hydrogen) atoms. The maximum absolute atomic E-state index is 14.2. The number of halogens is 2. The normalized spacial score (nSPS) is 10.4. The largest absolute Gasteiger partial charge is 0.489 e. The Morgan fingerprint density at radius 1 is 0.882 bits per heavy atom. The van der Waals surface area contributed by atoms with Crippen molar-refractivity contribution < 1.29 is 18.7 Å². The maximum Gasteiger partial charge on any atom is 0.153 e. The fraction of sp³-hybridized carbons (Fsp3) is 0.0714. The van der Waals surface area contributed by atoms with E-state index in [1.165, 1.54) is 6.07 Å². The highest BCUT2D eigenvalue weighted by Gasteiger charge is 2.13. The van der Waals surface area contributed by atoms with Crippen LogP contribution in [0.15, 0.2) is 84.9 Å². The van der Waals surface area contributed by atoms with Crippen molar-refractivity contribution in [1.29, 1.82) is 5.26 Å². The van der Waals surface area contributed by atoms with Gasteiger partial charge in [-0.2, -0.15) is 5.26 Å². The number of aldehydes is 1. The minimum atomic E-state index is -0.353. The Kier molecular flexibility index (Phi) is 7.22. The second kappa shape index (κ2) is 10.7. The number of benzene rings is 4. The van der Waals surface area contributed by atoms with E-state index in [-0.39, 0.29) is 19.0 Å². The van der Waals surface area contributed by atoms with Crippen LogP contribution in [0, 0.1) is 17.1 Å². The van der Waals surface area contributed by atoms with Gasteiger partial charge < -0.3 is 9.47 Å². The highest BCUT2D eigenvalue weighted by molar-refractivity contribution is 6.34. The predicted molar refractivity (Wildman–Crippen MR) is 128 cm³/mol. The van der Waals surface area contributed by atoms with Crippen LogP contribution in [0.5, 0.6) is 11.5 Å². The van der Waals surface area contributed by atoms with Crippen LogP contribution in [0.4, 0.5) is 4.39 Å². The van der Waals surface area contributed by atoms with Crippen molar-refractivity contribution >= 4 is 17.9 Å². The third kappa shape index (κ3) is 5.25. The fourth-order valence-corrected chi connectivity index (χ4v) is 3.74. The molecule has 4 aromatic rings. The zero-order valence-electron chi connectivity index (χ0n) is 18.0. The average molecular weight is 472 g/mol. The van der Waals surface area contributed by atoms with Crippen LogP contribution >= 0.6 is 11.6 Å². The van der Waals surface area contributed by atoms with E-state index >= 15 is 0 Å². The topological polar surface area (TPSA) is 59.3 Å². The predicted octanol–water partition coefficient (Wildman–Crippen LogP) is 6.99. The molecule has 0 fully saturated rings. The number of carbonyl (C=O) groups is 1. The van der Waals surface area contributed by atoms with E-state index in [1.807, 2.05) is 12.1 Å². The summed E-state index contributed by atoms with van der Waals surface area (Å²) in [7, 11) is 0. The molecule has 0 radical (unpaired) electrons. The van der Waals surface area contributed by atoms with Gasteiger partial charge in [0.2, 0.25) is 0 Å². The van der Waals surface area contributed by atoms with Crippen LogP contribution < -0.4 is 9.47 Å². The molecule has 0 aliphatic carbocycles. The Hall–Kier alpha value is -4.14. The van der Waals surface area contributed by atoms with Crippen molar-refractivity contribution in [2.45, 2.75) is 13.2 Å². The summed E-state index contributed by atoms with van der Waals surface area (Å²) in [6.45, 7) is 0.335. The molecule has 0 saturated heterocycles. The minimum Gasteiger partial charge on any atom is -0.489 e. The van der Waals surface area contributed by atoms with Gasteiger partial charge in [0.25, 0.3) is 0 Å². The van der Waals surface area contributed by atoms with Gasteiger partial charge in [0.1, 0.15) is 30.5 Å². The fourth-order valence-electron chi connectivity index (χ4n) is 3.46. The first-order valence-corrected chi connectivity index (χ1v) is 10.8. The van der Waals surface area contributed by atoms with Crippen molar-refractivity contribution in [3.8, 4) is 28.7 Å². The third-order valence-electron chi connectivity index (χ3n) is 5.20. The van der Waals surface area contributed by atoms with E-state index in [1.54, 1.807) is 66.7 Å². The first-order chi connectivity index (χ1) is 16.6. The molecule has 0 N–H and O–H groups in total. The van der Waals surface area contributed by atoms with E-state index in [0.29, 0.717) is 50.6 Å². The molecule has 0 aliphatic rings. The van der Waals surface area contributed by atoms with Gasteiger partial charge >= 0.3 is 0 Å². The van der Waals surface area contributed by atoms with E-state index in [9.17, 15) is 9.18 Å². The highest BCUT2D eigenvalue weighted by Crippen LogP contribution is 2.33. The van der Waals surface area contributed by atoms with Crippen LogP contribution in [-0.2, 0) is 13.2 Å². The van der Waals surface area contributed by atoms with Gasteiger partial charge in [-0.05, 0) is 35.9 Å². The molecule has 4 nitrogen and oxygen atoms in total. The molecule has 0 bridgehead atoms. The number of rotatable bonds is 8. The molecule has 4 aromatic carbocycles. The van der Waals surface area contributed by atoms with Gasteiger partial charge in [0.05, 0.1) is 22.2 Å². The van der Waals surface area contributed by atoms with E-state index in [4.69, 9.17) is 26.3 Å². The Morgan fingerprint density at radius 3 is 2.47 bits per heavy atom. The average Bonchev–Trinajstić information content (AvgIpc) is 2.87. The lowest BCUT2D eigenvalue weighted by atomic mass is 10.0. The molecule has 0 spiro atoms. The molecule has 0 amide bonds. The van der Waals surface area contributed by atoms with Crippen molar-refractivity contribution in [2.75, 3.05) is 0 Å². The molecule has 0 aromatic heterocycles. The lowest BCUT2D eigenvalue weighted by Crippen LogP contribution is -2.01. The summed E-state index contributed by atoms with van der Waals surface area (Å²) < 4.78 is 26.0. The first-order valence-electron chi connectivity index (χ1n) is 10.4. The Morgan fingerprint density at radius 2 is 1.68 bits per heavy atom. The number of ether oxygens (including phenoxy) is 2. The number of carbonyl (C=O) groups excluding carboxylic acids is 1. The summed E-state index contributed by atoms with van der Waals surface area (Å²) in [4.78, 5) is 11.5. The minimum absolute atomic E-state index is 0.144. The number of nitrogens with zero attached hydrogens (tertiary/aromatic N) is 1. The van der Waals surface area contributed by atoms with Crippen LogP contribution in [0.1, 0.15) is 27.0 Å². The van der Waals surface area contributed by atoms with Crippen LogP contribution in [0.2, 0.25) is 5.02 Å². The van der Waals surface area contributed by atoms with Crippen molar-refractivity contribution in [1.82, 2.24) is 0 Å². The summed E-state index contributed by atoms with van der Waals surface area (Å²) in [6, 6.07) is 25.9. The van der Waals surface area contributed by atoms with Crippen LogP contribution in [-0.4, -0.2) is 6.29 Å². The second-order valence-corrected chi connectivity index (χ2v) is 7.84. The highest BCUT2D eigenvalue weighted by atomic mass is 35.5. The zero-order valence-corrected chi connectivity index (χ0v) is 18.8. The smallest absolute Gasteiger partial charge is 0.153 e. The summed E-state index contributed by atoms with van der Waals surface area (Å²) in [6.07, 6.45) is 0.708. The van der Waals surface area contributed by atoms with Gasteiger partial charge in [-0.1, -0.05) is 60.1 Å². The SMILES string of the molecule is N#Cc1cccc(COc2cc(OCc3cccc(-c4ccccc4F)c3Cl)ccc2C=O)c1. The molecule has 6 heteroatoms. The quantitative estimate of drug-likeness (QED) is 0.260. The first kappa shape index (κ1) is 23.0. The van der Waals surface area contributed by atoms with Crippen LogP contribution in [0.3, 0.4) is 0 Å². The number of hydrogen-bond donors (Lipinski definition) is 0. The van der Waals surface area contributed by atoms with Crippen LogP contribution in [0.25, 0.3) is 11.1 Å². The molecule has 0 atom stereocenters. The van der Waals surface area contributed by atoms with Gasteiger partial charge in [-0.3, -0.25) is 4.79 Å². The Labute approximate surface area is 201 Å². The van der Waals surface area contributed by atoms with E-state index < -0.39 is 0 Å². The summed E-state index contributed by atoms with van der Waals surface area (Å²) in [5, 5.41) is 9.46. The van der Waals surface area contributed by atoms with E-state index in [0.717, 1.165) is 5.56 Å². The van der Waals surface area contributed by atoms with Crippen molar-refractivity contribution in [3.63, 3.8) is 0 Å². The number of nitriles is 1. The van der Waals surface area contributed by atoms with Gasteiger partial charge in [-0.25, -0.2) is 4.39 Å². The molecule has 0 saturated carbocycles. The molecule has 0 aliphatic heterocycles. The van der Waals surface area contributed by atoms with Crippen molar-refractivity contribution in [2.24, 2.45) is 0 Å². The van der Waals surface area contributed by atoms with Crippen molar-refractivity contribution in [3.05, 3.63) is 118 Å². The van der Waals surface area contributed by atoms with Gasteiger partial charge in [0.15, 0.2) is 6.29 Å². The maximum atomic E-state index is 14.2. The summed E-state index contributed by atoms with van der Waals surface area (Å²) >= 11 is 6.56. The monoisotopic (exact) mass is 471 g/mol. The lowest BCUT2D eigenvalue weighted by molar-refractivity contribution is 0.111. The molecule has 168 valence electrons.